The molecular formula is C17H15ClN2O4S. The second-order valence-electron chi connectivity index (χ2n) is 5.80. The Labute approximate surface area is 153 Å². The molecule has 1 amide bonds. The Bertz CT molecular complexity index is 828. The first kappa shape index (κ1) is 17.6. The molecule has 8 heteroatoms. The average Bonchev–Trinajstić information content (AvgIpc) is 2.85. The van der Waals surface area contributed by atoms with Crippen molar-refractivity contribution in [2.24, 2.45) is 0 Å². The summed E-state index contributed by atoms with van der Waals surface area (Å²) in [6.07, 6.45) is 0. The van der Waals surface area contributed by atoms with Crippen LogP contribution in [0.5, 0.6) is 5.75 Å². The summed E-state index contributed by atoms with van der Waals surface area (Å²) in [5.41, 5.74) is 1.25. The second kappa shape index (κ2) is 6.93. The standard InChI is InChI=1S/C17H15ClN2O4S/c1-10-16(12-3-5-13(18)6-4-12)25-17(22)19(10)9-11-2-7-15(21)14(8-11)20(23)24/h2-8,10,16,21H,9H2,1H3. The van der Waals surface area contributed by atoms with Crippen LogP contribution in [0.25, 0.3) is 0 Å². The van der Waals surface area contributed by atoms with E-state index >= 15 is 0 Å². The predicted octanol–water partition coefficient (Wildman–Crippen LogP) is 4.75. The number of benzene rings is 2. The van der Waals surface area contributed by atoms with E-state index in [1.54, 1.807) is 23.1 Å². The quantitative estimate of drug-likeness (QED) is 0.613. The monoisotopic (exact) mass is 378 g/mol. The molecule has 1 N–H and O–H groups in total. The van der Waals surface area contributed by atoms with Gasteiger partial charge in [0, 0.05) is 23.7 Å². The van der Waals surface area contributed by atoms with Crippen LogP contribution in [0.2, 0.25) is 5.02 Å². The van der Waals surface area contributed by atoms with Crippen molar-refractivity contribution in [2.45, 2.75) is 24.8 Å². The van der Waals surface area contributed by atoms with Gasteiger partial charge in [-0.1, -0.05) is 41.6 Å². The molecule has 0 aromatic heterocycles. The molecule has 0 aliphatic carbocycles. The maximum absolute atomic E-state index is 12.4. The highest BCUT2D eigenvalue weighted by Gasteiger charge is 2.38. The third-order valence-corrected chi connectivity index (χ3v) is 5.79. The van der Waals surface area contributed by atoms with E-state index in [4.69, 9.17) is 11.6 Å². The fourth-order valence-corrected chi connectivity index (χ4v) is 4.17. The van der Waals surface area contributed by atoms with Gasteiger partial charge in [0.05, 0.1) is 10.2 Å². The van der Waals surface area contributed by atoms with Crippen molar-refractivity contribution in [3.8, 4) is 5.75 Å². The summed E-state index contributed by atoms with van der Waals surface area (Å²) in [5, 5.41) is 21.0. The molecule has 1 saturated heterocycles. The molecule has 1 fully saturated rings. The predicted molar refractivity (Wildman–Crippen MR) is 96.9 cm³/mol. The number of amides is 1. The first-order chi connectivity index (χ1) is 11.9. The lowest BCUT2D eigenvalue weighted by atomic mass is 10.0. The number of carbonyl (C=O) groups is 1. The zero-order valence-corrected chi connectivity index (χ0v) is 14.8. The van der Waals surface area contributed by atoms with Crippen LogP contribution in [-0.4, -0.2) is 26.2 Å². The molecule has 1 heterocycles. The minimum atomic E-state index is -0.640. The van der Waals surface area contributed by atoms with Crippen molar-refractivity contribution in [1.29, 1.82) is 0 Å². The largest absolute Gasteiger partial charge is 0.502 e. The summed E-state index contributed by atoms with van der Waals surface area (Å²) in [7, 11) is 0. The molecule has 0 bridgehead atoms. The molecule has 130 valence electrons. The highest BCUT2D eigenvalue weighted by atomic mass is 35.5. The van der Waals surface area contributed by atoms with Gasteiger partial charge in [-0.15, -0.1) is 0 Å². The van der Waals surface area contributed by atoms with E-state index in [9.17, 15) is 20.0 Å². The SMILES string of the molecule is CC1C(c2ccc(Cl)cc2)SC(=O)N1Cc1ccc(O)c([N+](=O)[O-])c1. The van der Waals surface area contributed by atoms with Gasteiger partial charge in [0.1, 0.15) is 0 Å². The zero-order valence-electron chi connectivity index (χ0n) is 13.3. The fourth-order valence-electron chi connectivity index (χ4n) is 2.82. The summed E-state index contributed by atoms with van der Waals surface area (Å²) >= 11 is 7.15. The Morgan fingerprint density at radius 3 is 2.60 bits per heavy atom. The van der Waals surface area contributed by atoms with Gasteiger partial charge in [0.2, 0.25) is 0 Å². The fraction of sp³-hybridized carbons (Fsp3) is 0.235. The lowest BCUT2D eigenvalue weighted by molar-refractivity contribution is -0.385. The van der Waals surface area contributed by atoms with Crippen molar-refractivity contribution in [3.63, 3.8) is 0 Å². The molecule has 0 spiro atoms. The average molecular weight is 379 g/mol. The van der Waals surface area contributed by atoms with Gasteiger partial charge in [-0.3, -0.25) is 14.9 Å². The van der Waals surface area contributed by atoms with Crippen molar-refractivity contribution >= 4 is 34.3 Å². The van der Waals surface area contributed by atoms with Crippen LogP contribution in [0, 0.1) is 10.1 Å². The molecule has 0 radical (unpaired) electrons. The molecule has 2 unspecified atom stereocenters. The van der Waals surface area contributed by atoms with E-state index < -0.39 is 4.92 Å². The molecular weight excluding hydrogens is 364 g/mol. The Morgan fingerprint density at radius 1 is 1.28 bits per heavy atom. The van der Waals surface area contributed by atoms with Crippen molar-refractivity contribution < 1.29 is 14.8 Å². The van der Waals surface area contributed by atoms with E-state index in [0.717, 1.165) is 5.56 Å². The number of phenols is 1. The van der Waals surface area contributed by atoms with E-state index in [2.05, 4.69) is 0 Å². The van der Waals surface area contributed by atoms with Crippen LogP contribution < -0.4 is 0 Å². The highest BCUT2D eigenvalue weighted by molar-refractivity contribution is 8.14. The summed E-state index contributed by atoms with van der Waals surface area (Å²) in [5.74, 6) is -0.386. The number of nitro groups is 1. The molecule has 1 aliphatic rings. The van der Waals surface area contributed by atoms with Crippen LogP contribution in [-0.2, 0) is 6.54 Å². The second-order valence-corrected chi connectivity index (χ2v) is 7.33. The maximum atomic E-state index is 12.4. The number of phenolic OH excluding ortho intramolecular Hbond substituents is 1. The first-order valence-corrected chi connectivity index (χ1v) is 8.81. The number of rotatable bonds is 4. The first-order valence-electron chi connectivity index (χ1n) is 7.56. The topological polar surface area (TPSA) is 83.7 Å². The molecule has 6 nitrogen and oxygen atoms in total. The molecule has 2 aromatic carbocycles. The molecule has 1 aliphatic heterocycles. The Kier molecular flexibility index (Phi) is 4.87. The van der Waals surface area contributed by atoms with Crippen LogP contribution in [0.15, 0.2) is 42.5 Å². The van der Waals surface area contributed by atoms with Crippen molar-refractivity contribution in [2.75, 3.05) is 0 Å². The van der Waals surface area contributed by atoms with Crippen LogP contribution in [0.4, 0.5) is 10.5 Å². The van der Waals surface area contributed by atoms with Crippen molar-refractivity contribution in [3.05, 3.63) is 68.7 Å². The normalized spacial score (nSPS) is 20.1. The Morgan fingerprint density at radius 2 is 1.96 bits per heavy atom. The van der Waals surface area contributed by atoms with Gasteiger partial charge < -0.3 is 10.0 Å². The van der Waals surface area contributed by atoms with Gasteiger partial charge in [0.25, 0.3) is 5.24 Å². The minimum absolute atomic E-state index is 0.0307. The molecule has 2 atom stereocenters. The minimum Gasteiger partial charge on any atom is -0.502 e. The number of hydrogen-bond acceptors (Lipinski definition) is 5. The third-order valence-electron chi connectivity index (χ3n) is 4.18. The molecule has 2 aromatic rings. The van der Waals surface area contributed by atoms with Gasteiger partial charge in [0.15, 0.2) is 5.75 Å². The lowest BCUT2D eigenvalue weighted by Gasteiger charge is -2.24. The molecule has 3 rings (SSSR count). The maximum Gasteiger partial charge on any atom is 0.311 e. The van der Waals surface area contributed by atoms with E-state index in [1.165, 1.54) is 23.9 Å². The van der Waals surface area contributed by atoms with E-state index in [0.29, 0.717) is 10.6 Å². The van der Waals surface area contributed by atoms with Gasteiger partial charge in [-0.2, -0.15) is 0 Å². The number of carbonyl (C=O) groups excluding carboxylic acids is 1. The summed E-state index contributed by atoms with van der Waals surface area (Å²) in [6, 6.07) is 11.5. The van der Waals surface area contributed by atoms with Crippen molar-refractivity contribution in [1.82, 2.24) is 4.90 Å². The number of aromatic hydroxyl groups is 1. The zero-order chi connectivity index (χ0) is 18.1. The Hall–Kier alpha value is -2.25. The number of nitro benzene ring substituents is 1. The molecule has 25 heavy (non-hydrogen) atoms. The van der Waals surface area contributed by atoms with Crippen LogP contribution >= 0.6 is 23.4 Å². The van der Waals surface area contributed by atoms with E-state index in [-0.39, 0.29) is 34.5 Å². The lowest BCUT2D eigenvalue weighted by Crippen LogP contribution is -2.31. The summed E-state index contributed by atoms with van der Waals surface area (Å²) < 4.78 is 0. The summed E-state index contributed by atoms with van der Waals surface area (Å²) in [4.78, 5) is 24.4. The van der Waals surface area contributed by atoms with Gasteiger partial charge >= 0.3 is 5.69 Å². The van der Waals surface area contributed by atoms with Crippen LogP contribution in [0.1, 0.15) is 23.3 Å². The number of nitrogens with zero attached hydrogens (tertiary/aromatic N) is 2. The van der Waals surface area contributed by atoms with E-state index in [1.807, 2.05) is 19.1 Å². The number of thioether (sulfide) groups is 1. The highest BCUT2D eigenvalue weighted by Crippen LogP contribution is 2.44. The Balaban J connectivity index is 1.81. The smallest absolute Gasteiger partial charge is 0.311 e. The van der Waals surface area contributed by atoms with Crippen LogP contribution in [0.3, 0.4) is 0 Å². The number of halogens is 1. The number of hydrogen-bond donors (Lipinski definition) is 1. The summed E-state index contributed by atoms with van der Waals surface area (Å²) in [6.45, 7) is 2.20. The third kappa shape index (κ3) is 3.57. The van der Waals surface area contributed by atoms with Gasteiger partial charge in [-0.25, -0.2) is 0 Å². The van der Waals surface area contributed by atoms with Gasteiger partial charge in [-0.05, 0) is 36.2 Å². The molecule has 0 saturated carbocycles.